The molecular weight excluding hydrogens is 340 g/mol. The van der Waals surface area contributed by atoms with Gasteiger partial charge in [0.1, 0.15) is 4.83 Å². The van der Waals surface area contributed by atoms with Crippen molar-refractivity contribution in [3.8, 4) is 0 Å². The van der Waals surface area contributed by atoms with E-state index in [0.29, 0.717) is 13.2 Å². The van der Waals surface area contributed by atoms with E-state index in [-0.39, 0.29) is 11.2 Å². The van der Waals surface area contributed by atoms with Gasteiger partial charge in [-0.15, -0.1) is 11.3 Å². The number of aromatic nitrogens is 2. The first-order chi connectivity index (χ1) is 11.3. The van der Waals surface area contributed by atoms with Crippen molar-refractivity contribution < 1.29 is 4.74 Å². The predicted molar refractivity (Wildman–Crippen MR) is 102 cm³/mol. The lowest BCUT2D eigenvalue weighted by atomic mass is 9.98. The molecule has 0 amide bonds. The van der Waals surface area contributed by atoms with Gasteiger partial charge in [-0.05, 0) is 27.2 Å². The summed E-state index contributed by atoms with van der Waals surface area (Å²) in [5, 5.41) is 1.55. The summed E-state index contributed by atoms with van der Waals surface area (Å²) >= 11 is 3.30. The van der Waals surface area contributed by atoms with Crippen LogP contribution in [-0.2, 0) is 24.3 Å². The highest BCUT2D eigenvalue weighted by atomic mass is 32.2. The van der Waals surface area contributed by atoms with Gasteiger partial charge in [-0.1, -0.05) is 30.8 Å². The number of nitrogens with zero attached hydrogens (tertiary/aromatic N) is 2. The van der Waals surface area contributed by atoms with E-state index in [1.807, 2.05) is 6.92 Å². The van der Waals surface area contributed by atoms with E-state index in [1.54, 1.807) is 27.7 Å². The smallest absolute Gasteiger partial charge is 0.263 e. The van der Waals surface area contributed by atoms with Crippen LogP contribution in [0.1, 0.15) is 44.6 Å². The Bertz CT molecular complexity index is 849. The van der Waals surface area contributed by atoms with Crippen molar-refractivity contribution in [2.24, 2.45) is 0 Å². The molecule has 0 unspecified atom stereocenters. The van der Waals surface area contributed by atoms with E-state index in [4.69, 9.17) is 9.72 Å². The minimum atomic E-state index is -0.176. The monoisotopic (exact) mass is 364 g/mol. The molecule has 3 heterocycles. The molecule has 0 spiro atoms. The fourth-order valence-corrected chi connectivity index (χ4v) is 5.17. The lowest BCUT2D eigenvalue weighted by Gasteiger charge is -2.29. The number of fused-ring (bicyclic) bond motifs is 3. The van der Waals surface area contributed by atoms with Crippen LogP contribution in [0.15, 0.2) is 22.1 Å². The van der Waals surface area contributed by atoms with Gasteiger partial charge in [0, 0.05) is 29.2 Å². The maximum atomic E-state index is 13.2. The van der Waals surface area contributed by atoms with Gasteiger partial charge in [0.15, 0.2) is 5.16 Å². The second kappa shape index (κ2) is 6.65. The number of hydrogen-bond acceptors (Lipinski definition) is 5. The van der Waals surface area contributed by atoms with E-state index in [2.05, 4.69) is 27.4 Å². The number of hydrogen-bond donors (Lipinski definition) is 0. The summed E-state index contributed by atoms with van der Waals surface area (Å²) in [6.07, 6.45) is 1.88. The van der Waals surface area contributed by atoms with E-state index in [9.17, 15) is 4.79 Å². The Hall–Kier alpha value is -1.11. The van der Waals surface area contributed by atoms with Crippen LogP contribution in [-0.4, -0.2) is 20.9 Å². The predicted octanol–water partition coefficient (Wildman–Crippen LogP) is 4.39. The molecule has 0 fully saturated rings. The van der Waals surface area contributed by atoms with Gasteiger partial charge in [-0.25, -0.2) is 4.98 Å². The van der Waals surface area contributed by atoms with Crippen LogP contribution in [0, 0.1) is 0 Å². The Morgan fingerprint density at radius 3 is 2.92 bits per heavy atom. The van der Waals surface area contributed by atoms with Gasteiger partial charge < -0.3 is 4.74 Å². The molecule has 0 atom stereocenters. The van der Waals surface area contributed by atoms with E-state index in [1.165, 1.54) is 4.88 Å². The first-order valence-electron chi connectivity index (χ1n) is 8.28. The lowest BCUT2D eigenvalue weighted by molar-refractivity contribution is -0.0383. The lowest BCUT2D eigenvalue weighted by Crippen LogP contribution is -2.31. The normalized spacial score (nSPS) is 16.3. The minimum absolute atomic E-state index is 0.0439. The fourth-order valence-electron chi connectivity index (χ4n) is 2.88. The summed E-state index contributed by atoms with van der Waals surface area (Å²) in [6, 6.07) is 0. The molecule has 0 aromatic carbocycles. The molecule has 0 saturated heterocycles. The summed E-state index contributed by atoms with van der Waals surface area (Å²) in [6.45, 7) is 13.2. The summed E-state index contributed by atoms with van der Waals surface area (Å²) in [5.41, 5.74) is 1.86. The van der Waals surface area contributed by atoms with E-state index >= 15 is 0 Å². The largest absolute Gasteiger partial charge is 0.370 e. The van der Waals surface area contributed by atoms with Crippen molar-refractivity contribution in [3.63, 3.8) is 0 Å². The van der Waals surface area contributed by atoms with Gasteiger partial charge in [0.05, 0.1) is 17.6 Å². The number of rotatable bonds is 5. The zero-order chi connectivity index (χ0) is 17.5. The zero-order valence-corrected chi connectivity index (χ0v) is 16.4. The molecule has 4 nitrogen and oxygen atoms in total. The summed E-state index contributed by atoms with van der Waals surface area (Å²) < 4.78 is 7.71. The molecule has 6 heteroatoms. The fraction of sp³-hybridized carbons (Fsp3) is 0.556. The average Bonchev–Trinajstić information content (AvgIpc) is 2.84. The van der Waals surface area contributed by atoms with E-state index in [0.717, 1.165) is 45.1 Å². The van der Waals surface area contributed by atoms with Gasteiger partial charge in [0.2, 0.25) is 0 Å². The second-order valence-electron chi connectivity index (χ2n) is 7.00. The maximum Gasteiger partial charge on any atom is 0.263 e. The third kappa shape index (κ3) is 3.32. The summed E-state index contributed by atoms with van der Waals surface area (Å²) in [7, 11) is 0. The molecule has 2 aromatic heterocycles. The second-order valence-corrected chi connectivity index (χ2v) is 9.15. The van der Waals surface area contributed by atoms with Gasteiger partial charge in [0.25, 0.3) is 5.56 Å². The molecule has 0 bridgehead atoms. The van der Waals surface area contributed by atoms with Crippen LogP contribution in [0.25, 0.3) is 10.2 Å². The number of ether oxygens (including phenoxy) is 1. The molecule has 0 N–H and O–H groups in total. The van der Waals surface area contributed by atoms with Crippen LogP contribution in [0.4, 0.5) is 0 Å². The van der Waals surface area contributed by atoms with Gasteiger partial charge in [-0.2, -0.15) is 0 Å². The third-order valence-corrected chi connectivity index (χ3v) is 6.32. The van der Waals surface area contributed by atoms with E-state index < -0.39 is 0 Å². The van der Waals surface area contributed by atoms with Crippen molar-refractivity contribution >= 4 is 33.3 Å². The minimum Gasteiger partial charge on any atom is -0.370 e. The topological polar surface area (TPSA) is 44.1 Å². The van der Waals surface area contributed by atoms with Crippen LogP contribution >= 0.6 is 23.1 Å². The molecule has 0 radical (unpaired) electrons. The quantitative estimate of drug-likeness (QED) is 0.448. The summed E-state index contributed by atoms with van der Waals surface area (Å²) in [5.74, 6) is 0.954. The SMILES string of the molecule is C=C(C)Cn1c(SCCC)nc2sc3c(c2c1=O)COC(C)(C)C3. The highest BCUT2D eigenvalue weighted by Crippen LogP contribution is 2.37. The molecule has 130 valence electrons. The highest BCUT2D eigenvalue weighted by molar-refractivity contribution is 7.99. The number of allylic oxidation sites excluding steroid dienone is 1. The Morgan fingerprint density at radius 2 is 2.25 bits per heavy atom. The van der Waals surface area contributed by atoms with Crippen molar-refractivity contribution in [3.05, 3.63) is 32.9 Å². The molecule has 1 aliphatic rings. The van der Waals surface area contributed by atoms with Crippen LogP contribution in [0.2, 0.25) is 0 Å². The Balaban J connectivity index is 2.19. The molecule has 0 aliphatic carbocycles. The number of thioether (sulfide) groups is 1. The standard InChI is InChI=1S/C18H24N2O2S2/c1-6-7-23-17-19-15-14(16(21)20(17)9-11(2)3)12-10-22-18(4,5)8-13(12)24-15/h2,6-10H2,1,3-5H3. The van der Waals surface area contributed by atoms with Crippen molar-refractivity contribution in [2.45, 2.75) is 64.4 Å². The molecule has 24 heavy (non-hydrogen) atoms. The Morgan fingerprint density at radius 1 is 1.50 bits per heavy atom. The molecule has 2 aromatic rings. The molecular formula is C18H24N2O2S2. The third-order valence-electron chi connectivity index (χ3n) is 4.02. The highest BCUT2D eigenvalue weighted by Gasteiger charge is 2.31. The molecule has 3 rings (SSSR count). The van der Waals surface area contributed by atoms with Crippen molar-refractivity contribution in [1.82, 2.24) is 9.55 Å². The molecule has 0 saturated carbocycles. The number of thiophene rings is 1. The first-order valence-corrected chi connectivity index (χ1v) is 10.1. The van der Waals surface area contributed by atoms with Crippen LogP contribution in [0.3, 0.4) is 0 Å². The van der Waals surface area contributed by atoms with Crippen LogP contribution in [0.5, 0.6) is 0 Å². The Kier molecular flexibility index (Phi) is 4.91. The van der Waals surface area contributed by atoms with Crippen molar-refractivity contribution in [1.29, 1.82) is 0 Å². The van der Waals surface area contributed by atoms with Crippen LogP contribution < -0.4 is 5.56 Å². The van der Waals surface area contributed by atoms with Gasteiger partial charge in [-0.3, -0.25) is 9.36 Å². The average molecular weight is 365 g/mol. The Labute approximate surface area is 150 Å². The zero-order valence-electron chi connectivity index (χ0n) is 14.8. The molecule has 1 aliphatic heterocycles. The van der Waals surface area contributed by atoms with Gasteiger partial charge >= 0.3 is 0 Å². The summed E-state index contributed by atoms with van der Waals surface area (Å²) in [4.78, 5) is 20.1. The maximum absolute atomic E-state index is 13.2. The first kappa shape index (κ1) is 17.7. The van der Waals surface area contributed by atoms with Crippen molar-refractivity contribution in [2.75, 3.05) is 5.75 Å².